The minimum atomic E-state index is -0.527. The molecule has 0 aliphatic heterocycles. The van der Waals surface area contributed by atoms with Crippen LogP contribution in [-0.2, 0) is 19.6 Å². The van der Waals surface area contributed by atoms with E-state index < -0.39 is 5.82 Å². The SMILES string of the molecule is CCc1nc(COc2ccc(CO)cc2F)no1. The fourth-order valence-corrected chi connectivity index (χ4v) is 1.39. The summed E-state index contributed by atoms with van der Waals surface area (Å²) in [4.78, 5) is 4.04. The van der Waals surface area contributed by atoms with Crippen molar-refractivity contribution in [3.8, 4) is 5.75 Å². The number of aliphatic hydroxyl groups excluding tert-OH is 1. The lowest BCUT2D eigenvalue weighted by molar-refractivity contribution is 0.268. The number of aliphatic hydroxyl groups is 1. The molecule has 96 valence electrons. The fraction of sp³-hybridized carbons (Fsp3) is 0.333. The van der Waals surface area contributed by atoms with E-state index in [2.05, 4.69) is 10.1 Å². The van der Waals surface area contributed by atoms with Crippen molar-refractivity contribution in [2.45, 2.75) is 26.6 Å². The Balaban J connectivity index is 2.01. The summed E-state index contributed by atoms with van der Waals surface area (Å²) >= 11 is 0. The van der Waals surface area contributed by atoms with Crippen molar-refractivity contribution < 1.29 is 18.8 Å². The number of hydrogen-bond donors (Lipinski definition) is 1. The summed E-state index contributed by atoms with van der Waals surface area (Å²) in [5.74, 6) is 0.456. The Hall–Kier alpha value is -1.95. The first kappa shape index (κ1) is 12.5. The summed E-state index contributed by atoms with van der Waals surface area (Å²) < 4.78 is 23.7. The number of rotatable bonds is 5. The minimum Gasteiger partial charge on any atom is -0.482 e. The molecular weight excluding hydrogens is 239 g/mol. The van der Waals surface area contributed by atoms with Gasteiger partial charge in [0.15, 0.2) is 18.2 Å². The Morgan fingerprint density at radius 3 is 2.89 bits per heavy atom. The van der Waals surface area contributed by atoms with Crippen LogP contribution in [0.25, 0.3) is 0 Å². The van der Waals surface area contributed by atoms with Gasteiger partial charge in [0.1, 0.15) is 0 Å². The van der Waals surface area contributed by atoms with Gasteiger partial charge in [-0.3, -0.25) is 0 Å². The third-order valence-corrected chi connectivity index (χ3v) is 2.35. The Bertz CT molecular complexity index is 528. The van der Waals surface area contributed by atoms with E-state index in [0.717, 1.165) is 0 Å². The van der Waals surface area contributed by atoms with E-state index in [1.165, 1.54) is 12.1 Å². The van der Waals surface area contributed by atoms with Gasteiger partial charge in [-0.1, -0.05) is 18.1 Å². The summed E-state index contributed by atoms with van der Waals surface area (Å²) in [7, 11) is 0. The van der Waals surface area contributed by atoms with Crippen LogP contribution in [0.4, 0.5) is 4.39 Å². The molecule has 0 aliphatic carbocycles. The number of hydrogen-bond acceptors (Lipinski definition) is 5. The third-order valence-electron chi connectivity index (χ3n) is 2.35. The molecule has 0 amide bonds. The van der Waals surface area contributed by atoms with Gasteiger partial charge in [0.25, 0.3) is 0 Å². The van der Waals surface area contributed by atoms with Crippen molar-refractivity contribution in [1.82, 2.24) is 10.1 Å². The molecule has 0 fully saturated rings. The van der Waals surface area contributed by atoms with E-state index in [-0.39, 0.29) is 19.0 Å². The van der Waals surface area contributed by atoms with Gasteiger partial charge in [-0.15, -0.1) is 0 Å². The van der Waals surface area contributed by atoms with Crippen molar-refractivity contribution in [3.05, 3.63) is 41.3 Å². The number of ether oxygens (including phenoxy) is 1. The zero-order chi connectivity index (χ0) is 13.0. The Morgan fingerprint density at radius 2 is 2.28 bits per heavy atom. The number of halogens is 1. The summed E-state index contributed by atoms with van der Waals surface area (Å²) in [6, 6.07) is 4.27. The average Bonchev–Trinajstić information content (AvgIpc) is 2.85. The first-order valence-corrected chi connectivity index (χ1v) is 5.56. The maximum absolute atomic E-state index is 13.5. The Morgan fingerprint density at radius 1 is 1.44 bits per heavy atom. The summed E-state index contributed by atoms with van der Waals surface area (Å²) in [5, 5.41) is 12.5. The van der Waals surface area contributed by atoms with Gasteiger partial charge < -0.3 is 14.4 Å². The van der Waals surface area contributed by atoms with Crippen LogP contribution in [0, 0.1) is 5.82 Å². The molecular formula is C12H13FN2O3. The quantitative estimate of drug-likeness (QED) is 0.879. The molecule has 2 rings (SSSR count). The molecule has 18 heavy (non-hydrogen) atoms. The molecule has 0 unspecified atom stereocenters. The summed E-state index contributed by atoms with van der Waals surface area (Å²) in [5.41, 5.74) is 0.493. The number of aryl methyl sites for hydroxylation is 1. The highest BCUT2D eigenvalue weighted by molar-refractivity contribution is 5.29. The maximum atomic E-state index is 13.5. The molecule has 0 bridgehead atoms. The Labute approximate surface area is 103 Å². The second-order valence-corrected chi connectivity index (χ2v) is 3.67. The molecule has 1 aromatic heterocycles. The predicted octanol–water partition coefficient (Wildman–Crippen LogP) is 1.84. The van der Waals surface area contributed by atoms with Gasteiger partial charge in [0.2, 0.25) is 11.7 Å². The third kappa shape index (κ3) is 2.84. The topological polar surface area (TPSA) is 68.4 Å². The van der Waals surface area contributed by atoms with E-state index in [0.29, 0.717) is 23.7 Å². The molecule has 0 atom stereocenters. The van der Waals surface area contributed by atoms with Crippen LogP contribution in [-0.4, -0.2) is 15.2 Å². The van der Waals surface area contributed by atoms with E-state index in [4.69, 9.17) is 14.4 Å². The summed E-state index contributed by atoms with van der Waals surface area (Å²) in [6.07, 6.45) is 0.645. The molecule has 1 N–H and O–H groups in total. The number of benzene rings is 1. The van der Waals surface area contributed by atoms with Crippen LogP contribution < -0.4 is 4.74 Å². The van der Waals surface area contributed by atoms with Gasteiger partial charge in [-0.25, -0.2) is 4.39 Å². The smallest absolute Gasteiger partial charge is 0.226 e. The standard InChI is InChI=1S/C12H13FN2O3/c1-2-12-14-11(15-18-12)7-17-10-4-3-8(6-16)5-9(10)13/h3-5,16H,2,6-7H2,1H3. The van der Waals surface area contributed by atoms with Crippen molar-refractivity contribution in [2.75, 3.05) is 0 Å². The molecule has 6 heteroatoms. The highest BCUT2D eigenvalue weighted by Gasteiger charge is 2.08. The first-order chi connectivity index (χ1) is 8.72. The van der Waals surface area contributed by atoms with E-state index in [9.17, 15) is 4.39 Å². The second-order valence-electron chi connectivity index (χ2n) is 3.67. The van der Waals surface area contributed by atoms with Crippen molar-refractivity contribution in [3.63, 3.8) is 0 Å². The number of aromatic nitrogens is 2. The molecule has 2 aromatic rings. The molecule has 0 spiro atoms. The maximum Gasteiger partial charge on any atom is 0.226 e. The molecule has 1 heterocycles. The first-order valence-electron chi connectivity index (χ1n) is 5.56. The van der Waals surface area contributed by atoms with E-state index in [1.807, 2.05) is 6.92 Å². The van der Waals surface area contributed by atoms with Crippen LogP contribution in [0.15, 0.2) is 22.7 Å². The van der Waals surface area contributed by atoms with Gasteiger partial charge in [0, 0.05) is 6.42 Å². The van der Waals surface area contributed by atoms with Crippen LogP contribution in [0.1, 0.15) is 24.2 Å². The van der Waals surface area contributed by atoms with E-state index in [1.54, 1.807) is 6.07 Å². The van der Waals surface area contributed by atoms with Crippen LogP contribution >= 0.6 is 0 Å². The molecule has 5 nitrogen and oxygen atoms in total. The average molecular weight is 252 g/mol. The van der Waals surface area contributed by atoms with Crippen molar-refractivity contribution in [2.24, 2.45) is 0 Å². The normalized spacial score (nSPS) is 10.6. The molecule has 0 saturated heterocycles. The van der Waals surface area contributed by atoms with E-state index >= 15 is 0 Å². The molecule has 0 aliphatic rings. The van der Waals surface area contributed by atoms with Gasteiger partial charge >= 0.3 is 0 Å². The van der Waals surface area contributed by atoms with Crippen LogP contribution in [0.2, 0.25) is 0 Å². The predicted molar refractivity (Wildman–Crippen MR) is 60.3 cm³/mol. The lowest BCUT2D eigenvalue weighted by Gasteiger charge is -2.05. The lowest BCUT2D eigenvalue weighted by atomic mass is 10.2. The second kappa shape index (κ2) is 5.59. The monoisotopic (exact) mass is 252 g/mol. The zero-order valence-corrected chi connectivity index (χ0v) is 9.89. The van der Waals surface area contributed by atoms with Crippen molar-refractivity contribution in [1.29, 1.82) is 0 Å². The van der Waals surface area contributed by atoms with Crippen molar-refractivity contribution >= 4 is 0 Å². The van der Waals surface area contributed by atoms with Crippen LogP contribution in [0.5, 0.6) is 5.75 Å². The fourth-order valence-electron chi connectivity index (χ4n) is 1.39. The van der Waals surface area contributed by atoms with Crippen LogP contribution in [0.3, 0.4) is 0 Å². The molecule has 0 radical (unpaired) electrons. The zero-order valence-electron chi connectivity index (χ0n) is 9.89. The number of nitrogens with zero attached hydrogens (tertiary/aromatic N) is 2. The van der Waals surface area contributed by atoms with Gasteiger partial charge in [-0.05, 0) is 17.7 Å². The van der Waals surface area contributed by atoms with Gasteiger partial charge in [-0.2, -0.15) is 4.98 Å². The highest BCUT2D eigenvalue weighted by Crippen LogP contribution is 2.19. The lowest BCUT2D eigenvalue weighted by Crippen LogP contribution is -2.00. The van der Waals surface area contributed by atoms with Gasteiger partial charge in [0.05, 0.1) is 6.61 Å². The Kier molecular flexibility index (Phi) is 3.88. The highest BCUT2D eigenvalue weighted by atomic mass is 19.1. The largest absolute Gasteiger partial charge is 0.482 e. The summed E-state index contributed by atoms with van der Waals surface area (Å²) in [6.45, 7) is 1.73. The molecule has 0 saturated carbocycles. The minimum absolute atomic E-state index is 0.0406. The molecule has 1 aromatic carbocycles.